The summed E-state index contributed by atoms with van der Waals surface area (Å²) in [6.07, 6.45) is 1.83. The molecule has 0 aliphatic carbocycles. The summed E-state index contributed by atoms with van der Waals surface area (Å²) in [4.78, 5) is 36.2. The Morgan fingerprint density at radius 2 is 2.11 bits per heavy atom. The Kier molecular flexibility index (Phi) is 5.55. The van der Waals surface area contributed by atoms with Crippen molar-refractivity contribution in [3.8, 4) is 0 Å². The number of carbonyl (C=O) groups is 2. The number of halogens is 1. The van der Waals surface area contributed by atoms with E-state index in [0.717, 1.165) is 11.3 Å². The molecule has 0 bridgehead atoms. The Hall–Kier alpha value is -1.94. The number of ether oxygens (including phenoxy) is 1. The van der Waals surface area contributed by atoms with Gasteiger partial charge in [0.2, 0.25) is 20.9 Å². The SMILES string of the molecule is CC(C)(C)OC(=O)N1CCc2nc(N3CC(CS(=O)(=O)Cl)CC3=O)ncc2C1. The van der Waals surface area contributed by atoms with Crippen molar-refractivity contribution in [1.82, 2.24) is 14.9 Å². The zero-order valence-electron chi connectivity index (χ0n) is 16.0. The molecular formula is C17H23ClN4O5S. The highest BCUT2D eigenvalue weighted by Crippen LogP contribution is 2.26. The number of carbonyl (C=O) groups excluding carboxylic acids is 2. The highest BCUT2D eigenvalue weighted by Gasteiger charge is 2.35. The van der Waals surface area contributed by atoms with Gasteiger partial charge in [-0.05, 0) is 20.8 Å². The van der Waals surface area contributed by atoms with Crippen LogP contribution in [0.1, 0.15) is 38.4 Å². The van der Waals surface area contributed by atoms with Crippen LogP contribution in [0.4, 0.5) is 10.7 Å². The topological polar surface area (TPSA) is 110 Å². The monoisotopic (exact) mass is 430 g/mol. The highest BCUT2D eigenvalue weighted by molar-refractivity contribution is 8.13. The van der Waals surface area contributed by atoms with Gasteiger partial charge in [-0.2, -0.15) is 0 Å². The maximum absolute atomic E-state index is 12.3. The molecule has 2 amide bonds. The number of hydrogen-bond acceptors (Lipinski definition) is 7. The zero-order valence-corrected chi connectivity index (χ0v) is 17.6. The lowest BCUT2D eigenvalue weighted by molar-refractivity contribution is -0.117. The zero-order chi connectivity index (χ0) is 20.7. The number of anilines is 1. The summed E-state index contributed by atoms with van der Waals surface area (Å²) in [6, 6.07) is 0. The van der Waals surface area contributed by atoms with Crippen molar-refractivity contribution in [2.45, 2.75) is 45.8 Å². The van der Waals surface area contributed by atoms with E-state index in [9.17, 15) is 18.0 Å². The first-order valence-corrected chi connectivity index (χ1v) is 11.4. The van der Waals surface area contributed by atoms with Gasteiger partial charge in [0.1, 0.15) is 5.60 Å². The van der Waals surface area contributed by atoms with Crippen LogP contribution in [-0.2, 0) is 31.5 Å². The van der Waals surface area contributed by atoms with Gasteiger partial charge >= 0.3 is 6.09 Å². The van der Waals surface area contributed by atoms with Crippen molar-refractivity contribution >= 4 is 37.7 Å². The molecule has 3 heterocycles. The lowest BCUT2D eigenvalue weighted by atomic mass is 10.1. The van der Waals surface area contributed by atoms with Gasteiger partial charge in [0.25, 0.3) is 0 Å². The van der Waals surface area contributed by atoms with Crippen LogP contribution in [0.15, 0.2) is 6.20 Å². The van der Waals surface area contributed by atoms with Crippen molar-refractivity contribution in [3.63, 3.8) is 0 Å². The second-order valence-corrected chi connectivity index (χ2v) is 10.9. The second kappa shape index (κ2) is 7.47. The molecule has 1 aromatic rings. The summed E-state index contributed by atoms with van der Waals surface area (Å²) in [6.45, 7) is 6.45. The fourth-order valence-electron chi connectivity index (χ4n) is 3.29. The quantitative estimate of drug-likeness (QED) is 0.671. The van der Waals surface area contributed by atoms with Crippen LogP contribution < -0.4 is 4.90 Å². The van der Waals surface area contributed by atoms with Gasteiger partial charge in [0.05, 0.1) is 18.0 Å². The largest absolute Gasteiger partial charge is 0.444 e. The number of hydrogen-bond donors (Lipinski definition) is 0. The molecule has 3 rings (SSSR count). The predicted octanol–water partition coefficient (Wildman–Crippen LogP) is 1.69. The van der Waals surface area contributed by atoms with Gasteiger partial charge in [-0.1, -0.05) is 0 Å². The minimum Gasteiger partial charge on any atom is -0.444 e. The Morgan fingerprint density at radius 1 is 1.39 bits per heavy atom. The standard InChI is InChI=1S/C17H23ClN4O5S/c1-17(2,3)27-16(24)21-5-4-13-12(9-21)7-19-15(20-13)22-8-11(6-14(22)23)10-28(18,25)26/h7,11H,4-6,8-10H2,1-3H3. The number of amides is 2. The third-order valence-electron chi connectivity index (χ3n) is 4.45. The maximum atomic E-state index is 12.3. The molecule has 0 aromatic carbocycles. The first kappa shape index (κ1) is 20.8. The molecule has 2 aliphatic heterocycles. The van der Waals surface area contributed by atoms with Crippen molar-refractivity contribution in [3.05, 3.63) is 17.5 Å². The molecule has 0 radical (unpaired) electrons. The molecule has 1 saturated heterocycles. The number of fused-ring (bicyclic) bond motifs is 1. The van der Waals surface area contributed by atoms with Gasteiger partial charge in [0.15, 0.2) is 0 Å². The lowest BCUT2D eigenvalue weighted by Crippen LogP contribution is -2.40. The van der Waals surface area contributed by atoms with E-state index in [1.165, 1.54) is 4.90 Å². The molecule has 1 aromatic heterocycles. The van der Waals surface area contributed by atoms with Crippen LogP contribution in [0, 0.1) is 5.92 Å². The van der Waals surface area contributed by atoms with Crippen LogP contribution >= 0.6 is 10.7 Å². The molecule has 2 aliphatic rings. The van der Waals surface area contributed by atoms with E-state index < -0.39 is 14.7 Å². The Labute approximate surface area is 168 Å². The minimum atomic E-state index is -3.68. The molecule has 28 heavy (non-hydrogen) atoms. The van der Waals surface area contributed by atoms with E-state index in [1.54, 1.807) is 11.1 Å². The summed E-state index contributed by atoms with van der Waals surface area (Å²) in [5.41, 5.74) is 0.999. The summed E-state index contributed by atoms with van der Waals surface area (Å²) < 4.78 is 27.9. The first-order chi connectivity index (χ1) is 12.9. The molecule has 1 unspecified atom stereocenters. The van der Waals surface area contributed by atoms with Crippen molar-refractivity contribution in [2.75, 3.05) is 23.7 Å². The van der Waals surface area contributed by atoms with E-state index >= 15 is 0 Å². The lowest BCUT2D eigenvalue weighted by Gasteiger charge is -2.31. The van der Waals surface area contributed by atoms with Gasteiger partial charge < -0.3 is 9.64 Å². The smallest absolute Gasteiger partial charge is 0.410 e. The molecule has 1 fully saturated rings. The molecule has 0 N–H and O–H groups in total. The third-order valence-corrected chi connectivity index (χ3v) is 5.70. The highest BCUT2D eigenvalue weighted by atomic mass is 35.7. The third kappa shape index (κ3) is 5.11. The summed E-state index contributed by atoms with van der Waals surface area (Å²) in [5.74, 6) is -0.607. The average molecular weight is 431 g/mol. The Morgan fingerprint density at radius 3 is 2.75 bits per heavy atom. The first-order valence-electron chi connectivity index (χ1n) is 8.97. The maximum Gasteiger partial charge on any atom is 0.410 e. The van der Waals surface area contributed by atoms with Crippen molar-refractivity contribution in [2.24, 2.45) is 5.92 Å². The van der Waals surface area contributed by atoms with Gasteiger partial charge in [-0.15, -0.1) is 0 Å². The van der Waals surface area contributed by atoms with Crippen LogP contribution in [0.5, 0.6) is 0 Å². The van der Waals surface area contributed by atoms with Crippen LogP contribution in [0.3, 0.4) is 0 Å². The van der Waals surface area contributed by atoms with Gasteiger partial charge in [0, 0.05) is 54.3 Å². The number of rotatable bonds is 3. The van der Waals surface area contributed by atoms with E-state index in [2.05, 4.69) is 9.97 Å². The van der Waals surface area contributed by atoms with Crippen molar-refractivity contribution in [1.29, 1.82) is 0 Å². The van der Waals surface area contributed by atoms with Crippen LogP contribution in [-0.4, -0.2) is 59.7 Å². The normalized spacial score (nSPS) is 20.3. The molecular weight excluding hydrogens is 408 g/mol. The van der Waals surface area contributed by atoms with E-state index in [0.29, 0.717) is 19.5 Å². The van der Waals surface area contributed by atoms with Crippen LogP contribution in [0.25, 0.3) is 0 Å². The van der Waals surface area contributed by atoms with E-state index in [1.807, 2.05) is 20.8 Å². The molecule has 0 spiro atoms. The second-order valence-electron chi connectivity index (χ2n) is 8.07. The van der Waals surface area contributed by atoms with E-state index in [4.69, 9.17) is 15.4 Å². The molecule has 0 saturated carbocycles. The fraction of sp³-hybridized carbons (Fsp3) is 0.647. The van der Waals surface area contributed by atoms with E-state index in [-0.39, 0.29) is 42.6 Å². The van der Waals surface area contributed by atoms with Gasteiger partial charge in [-0.3, -0.25) is 9.69 Å². The average Bonchev–Trinajstić information content (AvgIpc) is 2.90. The van der Waals surface area contributed by atoms with Crippen molar-refractivity contribution < 1.29 is 22.7 Å². The molecule has 11 heteroatoms. The van der Waals surface area contributed by atoms with Crippen LogP contribution in [0.2, 0.25) is 0 Å². The summed E-state index contributed by atoms with van der Waals surface area (Å²) in [5, 5.41) is 0. The summed E-state index contributed by atoms with van der Waals surface area (Å²) >= 11 is 0. The van der Waals surface area contributed by atoms with Gasteiger partial charge in [-0.25, -0.2) is 23.2 Å². The summed E-state index contributed by atoms with van der Waals surface area (Å²) in [7, 11) is 1.62. The number of nitrogens with zero attached hydrogens (tertiary/aromatic N) is 4. The Balaban J connectivity index is 1.70. The minimum absolute atomic E-state index is 0.0960. The molecule has 1 atom stereocenters. The predicted molar refractivity (Wildman–Crippen MR) is 102 cm³/mol. The molecule has 154 valence electrons. The fourth-order valence-corrected chi connectivity index (χ4v) is 4.61. The Bertz CT molecular complexity index is 899. The molecule has 9 nitrogen and oxygen atoms in total. The number of aromatic nitrogens is 2.